The molecule has 0 spiro atoms. The predicted molar refractivity (Wildman–Crippen MR) is 109 cm³/mol. The number of fused-ring (bicyclic) bond motifs is 1. The summed E-state index contributed by atoms with van der Waals surface area (Å²) in [6.45, 7) is 5.48. The van der Waals surface area contributed by atoms with Gasteiger partial charge >= 0.3 is 16.1 Å². The van der Waals surface area contributed by atoms with Gasteiger partial charge in [0, 0.05) is 26.1 Å². The number of aromatic nitrogens is 3. The van der Waals surface area contributed by atoms with Gasteiger partial charge < -0.3 is 4.18 Å². The Balaban J connectivity index is 1.52. The molecule has 0 saturated heterocycles. The van der Waals surface area contributed by atoms with Gasteiger partial charge in [-0.2, -0.15) is 8.42 Å². The van der Waals surface area contributed by atoms with Crippen molar-refractivity contribution in [3.05, 3.63) is 41.0 Å². The highest BCUT2D eigenvalue weighted by Gasteiger charge is 2.18. The second-order valence-electron chi connectivity index (χ2n) is 7.59. The van der Waals surface area contributed by atoms with Crippen LogP contribution in [0.2, 0.25) is 0 Å². The third-order valence-electron chi connectivity index (χ3n) is 5.14. The third kappa shape index (κ3) is 6.24. The summed E-state index contributed by atoms with van der Waals surface area (Å²) in [6.07, 6.45) is 6.42. The van der Waals surface area contributed by atoms with E-state index < -0.39 is 10.1 Å². The van der Waals surface area contributed by atoms with E-state index in [1.165, 1.54) is 11.6 Å². The zero-order chi connectivity index (χ0) is 20.9. The second-order valence-corrected chi connectivity index (χ2v) is 9.16. The molecule has 0 N–H and O–H groups in total. The minimum atomic E-state index is -3.63. The molecule has 160 valence electrons. The van der Waals surface area contributed by atoms with E-state index in [2.05, 4.69) is 22.0 Å². The molecule has 3 rings (SSSR count). The van der Waals surface area contributed by atoms with Crippen molar-refractivity contribution < 1.29 is 17.0 Å². The van der Waals surface area contributed by atoms with Crippen LogP contribution in [0.5, 0.6) is 6.01 Å². The lowest BCUT2D eigenvalue weighted by Gasteiger charge is -2.28. The van der Waals surface area contributed by atoms with Gasteiger partial charge in [-0.1, -0.05) is 24.5 Å². The van der Waals surface area contributed by atoms with Crippen molar-refractivity contribution in [2.75, 3.05) is 19.3 Å². The molecule has 9 heteroatoms. The number of halogens is 1. The maximum atomic E-state index is 13.3. The molecule has 0 atom stereocenters. The standard InChI is InChI=1S/C20H29FN4O3S/c1-3-4-12-25-19(22-23-20(25)28-29(2,26)27)7-5-6-11-24-13-10-16-14-18(21)9-8-17(16)15-24/h8-9,14H,3-7,10-13,15H2,1-2H3. The van der Waals surface area contributed by atoms with Crippen LogP contribution in [0.3, 0.4) is 0 Å². The van der Waals surface area contributed by atoms with Crippen molar-refractivity contribution in [2.24, 2.45) is 0 Å². The van der Waals surface area contributed by atoms with E-state index in [1.54, 1.807) is 10.6 Å². The fraction of sp³-hybridized carbons (Fsp3) is 0.600. The Hall–Kier alpha value is -2.00. The monoisotopic (exact) mass is 424 g/mol. The molecule has 0 fully saturated rings. The van der Waals surface area contributed by atoms with Gasteiger partial charge in [0.1, 0.15) is 11.6 Å². The van der Waals surface area contributed by atoms with Gasteiger partial charge in [0.25, 0.3) is 0 Å². The van der Waals surface area contributed by atoms with Crippen LogP contribution in [-0.2, 0) is 36.0 Å². The average Bonchev–Trinajstić information content (AvgIpc) is 3.03. The third-order valence-corrected chi connectivity index (χ3v) is 5.59. The van der Waals surface area contributed by atoms with Gasteiger partial charge in [0.2, 0.25) is 0 Å². The van der Waals surface area contributed by atoms with Crippen LogP contribution in [0, 0.1) is 5.82 Å². The van der Waals surface area contributed by atoms with Crippen LogP contribution in [-0.4, -0.2) is 47.4 Å². The van der Waals surface area contributed by atoms with E-state index in [4.69, 9.17) is 4.18 Å². The molecule has 2 aromatic rings. The summed E-state index contributed by atoms with van der Waals surface area (Å²) < 4.78 is 43.0. The second kappa shape index (κ2) is 9.67. The maximum Gasteiger partial charge on any atom is 0.333 e. The Labute approximate surface area is 172 Å². The summed E-state index contributed by atoms with van der Waals surface area (Å²) >= 11 is 0. The Bertz CT molecular complexity index is 930. The van der Waals surface area contributed by atoms with Crippen LogP contribution in [0.15, 0.2) is 18.2 Å². The first-order valence-corrected chi connectivity index (χ1v) is 12.0. The average molecular weight is 425 g/mol. The molecule has 1 aromatic heterocycles. The fourth-order valence-corrected chi connectivity index (χ4v) is 4.03. The van der Waals surface area contributed by atoms with E-state index >= 15 is 0 Å². The SMILES string of the molecule is CCCCn1c(CCCCN2CCc3cc(F)ccc3C2)nnc1OS(C)(=O)=O. The zero-order valence-electron chi connectivity index (χ0n) is 17.1. The van der Waals surface area contributed by atoms with Crippen molar-refractivity contribution >= 4 is 10.1 Å². The number of hydrogen-bond acceptors (Lipinski definition) is 6. The molecular weight excluding hydrogens is 395 g/mol. The number of nitrogens with zero attached hydrogens (tertiary/aromatic N) is 4. The lowest BCUT2D eigenvalue weighted by Crippen LogP contribution is -2.31. The molecular formula is C20H29FN4O3S. The Morgan fingerprint density at radius 1 is 1.14 bits per heavy atom. The number of hydrogen-bond donors (Lipinski definition) is 0. The molecule has 29 heavy (non-hydrogen) atoms. The van der Waals surface area contributed by atoms with E-state index in [9.17, 15) is 12.8 Å². The first kappa shape index (κ1) is 21.7. The van der Waals surface area contributed by atoms with Gasteiger partial charge in [0.05, 0.1) is 6.26 Å². The minimum absolute atomic E-state index is 0.0517. The molecule has 0 bridgehead atoms. The molecule has 1 aliphatic rings. The maximum absolute atomic E-state index is 13.3. The van der Waals surface area contributed by atoms with Crippen LogP contribution in [0.4, 0.5) is 4.39 Å². The Morgan fingerprint density at radius 3 is 2.72 bits per heavy atom. The van der Waals surface area contributed by atoms with Crippen LogP contribution in [0.25, 0.3) is 0 Å². The van der Waals surface area contributed by atoms with Crippen molar-refractivity contribution in [3.8, 4) is 6.01 Å². The number of benzene rings is 1. The van der Waals surface area contributed by atoms with Crippen molar-refractivity contribution in [2.45, 2.75) is 58.5 Å². The topological polar surface area (TPSA) is 77.3 Å². The molecule has 2 heterocycles. The first-order valence-electron chi connectivity index (χ1n) is 10.2. The molecule has 0 unspecified atom stereocenters. The van der Waals surface area contributed by atoms with Gasteiger partial charge in [0.15, 0.2) is 0 Å². The smallest absolute Gasteiger partial charge is 0.333 e. The summed E-state index contributed by atoms with van der Waals surface area (Å²) in [5.41, 5.74) is 2.32. The van der Waals surface area contributed by atoms with Crippen LogP contribution >= 0.6 is 0 Å². The van der Waals surface area contributed by atoms with Crippen molar-refractivity contribution in [1.82, 2.24) is 19.7 Å². The number of unbranched alkanes of at least 4 members (excludes halogenated alkanes) is 2. The molecule has 7 nitrogen and oxygen atoms in total. The van der Waals surface area contributed by atoms with Crippen molar-refractivity contribution in [1.29, 1.82) is 0 Å². The van der Waals surface area contributed by atoms with E-state index in [0.29, 0.717) is 6.54 Å². The van der Waals surface area contributed by atoms with Gasteiger partial charge in [-0.15, -0.1) is 5.10 Å². The highest BCUT2D eigenvalue weighted by atomic mass is 32.2. The van der Waals surface area contributed by atoms with E-state index in [1.807, 2.05) is 6.07 Å². The summed E-state index contributed by atoms with van der Waals surface area (Å²) in [5, 5.41) is 8.08. The molecule has 1 aliphatic heterocycles. The molecule has 0 amide bonds. The molecule has 1 aromatic carbocycles. The largest absolute Gasteiger partial charge is 0.343 e. The van der Waals surface area contributed by atoms with Crippen LogP contribution in [0.1, 0.15) is 49.6 Å². The Kier molecular flexibility index (Phi) is 7.23. The van der Waals surface area contributed by atoms with E-state index in [0.717, 1.165) is 75.8 Å². The summed E-state index contributed by atoms with van der Waals surface area (Å²) in [4.78, 5) is 2.39. The molecule has 0 radical (unpaired) electrons. The summed E-state index contributed by atoms with van der Waals surface area (Å²) in [5.74, 6) is 0.597. The summed E-state index contributed by atoms with van der Waals surface area (Å²) in [7, 11) is -3.63. The normalized spacial score (nSPS) is 14.7. The quantitative estimate of drug-likeness (QED) is 0.431. The summed E-state index contributed by atoms with van der Waals surface area (Å²) in [6, 6.07) is 5.11. The number of aryl methyl sites for hydroxylation is 1. The van der Waals surface area contributed by atoms with Gasteiger partial charge in [-0.25, -0.2) is 4.39 Å². The molecule has 0 aliphatic carbocycles. The van der Waals surface area contributed by atoms with Gasteiger partial charge in [-0.3, -0.25) is 9.47 Å². The zero-order valence-corrected chi connectivity index (χ0v) is 17.9. The first-order chi connectivity index (χ1) is 13.9. The van der Waals surface area contributed by atoms with Gasteiger partial charge in [-0.05, 0) is 55.5 Å². The predicted octanol–water partition coefficient (Wildman–Crippen LogP) is 2.94. The number of rotatable bonds is 10. The van der Waals surface area contributed by atoms with Crippen LogP contribution < -0.4 is 4.18 Å². The highest BCUT2D eigenvalue weighted by Crippen LogP contribution is 2.21. The Morgan fingerprint density at radius 2 is 1.97 bits per heavy atom. The lowest BCUT2D eigenvalue weighted by molar-refractivity contribution is 0.248. The minimum Gasteiger partial charge on any atom is -0.343 e. The highest BCUT2D eigenvalue weighted by molar-refractivity contribution is 7.86. The van der Waals surface area contributed by atoms with E-state index in [-0.39, 0.29) is 11.8 Å². The lowest BCUT2D eigenvalue weighted by atomic mass is 9.99. The fourth-order valence-electron chi connectivity index (χ4n) is 3.63. The van der Waals surface area contributed by atoms with Crippen molar-refractivity contribution in [3.63, 3.8) is 0 Å². The molecule has 0 saturated carbocycles.